The molecule has 1 amide bonds. The highest BCUT2D eigenvalue weighted by Gasteiger charge is 2.03. The lowest BCUT2D eigenvalue weighted by Gasteiger charge is -2.07. The standard InChI is InChI=1S/C13H14N4O/c1-14-13(18)10-3-2-4-11(7-10)16-8-12-5-6-15-9-17-12/h2-7,9,16H,8H2,1H3,(H,14,18). The number of amides is 1. The minimum absolute atomic E-state index is 0.0966. The molecule has 0 aliphatic rings. The Morgan fingerprint density at radius 2 is 2.22 bits per heavy atom. The van der Waals surface area contributed by atoms with Crippen molar-refractivity contribution in [3.63, 3.8) is 0 Å². The van der Waals surface area contributed by atoms with Gasteiger partial charge in [-0.3, -0.25) is 4.79 Å². The van der Waals surface area contributed by atoms with Gasteiger partial charge >= 0.3 is 0 Å². The predicted octanol–water partition coefficient (Wildman–Crippen LogP) is 1.45. The van der Waals surface area contributed by atoms with Gasteiger partial charge in [0.25, 0.3) is 5.91 Å². The zero-order valence-electron chi connectivity index (χ0n) is 10.1. The summed E-state index contributed by atoms with van der Waals surface area (Å²) in [5.74, 6) is -0.0966. The molecule has 1 aromatic carbocycles. The SMILES string of the molecule is CNC(=O)c1cccc(NCc2ccncn2)c1. The zero-order chi connectivity index (χ0) is 12.8. The molecule has 0 bridgehead atoms. The van der Waals surface area contributed by atoms with E-state index in [9.17, 15) is 4.79 Å². The molecular formula is C13H14N4O. The van der Waals surface area contributed by atoms with Crippen LogP contribution < -0.4 is 10.6 Å². The van der Waals surface area contributed by atoms with Crippen LogP contribution in [0, 0.1) is 0 Å². The minimum Gasteiger partial charge on any atom is -0.379 e. The quantitative estimate of drug-likeness (QED) is 0.851. The van der Waals surface area contributed by atoms with Crippen molar-refractivity contribution in [3.8, 4) is 0 Å². The lowest BCUT2D eigenvalue weighted by atomic mass is 10.2. The first-order valence-corrected chi connectivity index (χ1v) is 5.60. The van der Waals surface area contributed by atoms with Gasteiger partial charge in [0.05, 0.1) is 12.2 Å². The molecule has 5 nitrogen and oxygen atoms in total. The average Bonchev–Trinajstić information content (AvgIpc) is 2.45. The molecule has 0 radical (unpaired) electrons. The van der Waals surface area contributed by atoms with Crippen LogP contribution >= 0.6 is 0 Å². The van der Waals surface area contributed by atoms with E-state index >= 15 is 0 Å². The molecule has 2 N–H and O–H groups in total. The number of hydrogen-bond acceptors (Lipinski definition) is 4. The number of benzene rings is 1. The molecule has 0 spiro atoms. The van der Waals surface area contributed by atoms with E-state index in [0.717, 1.165) is 11.4 Å². The summed E-state index contributed by atoms with van der Waals surface area (Å²) in [4.78, 5) is 19.5. The number of carbonyl (C=O) groups excluding carboxylic acids is 1. The van der Waals surface area contributed by atoms with Gasteiger partial charge in [0.2, 0.25) is 0 Å². The molecule has 18 heavy (non-hydrogen) atoms. The van der Waals surface area contributed by atoms with Crippen LogP contribution in [0.15, 0.2) is 42.9 Å². The molecule has 0 fully saturated rings. The van der Waals surface area contributed by atoms with E-state index in [1.807, 2.05) is 18.2 Å². The van der Waals surface area contributed by atoms with E-state index < -0.39 is 0 Å². The van der Waals surface area contributed by atoms with Crippen LogP contribution in [0.3, 0.4) is 0 Å². The Morgan fingerprint density at radius 1 is 1.33 bits per heavy atom. The van der Waals surface area contributed by atoms with Gasteiger partial charge in [0.1, 0.15) is 6.33 Å². The first kappa shape index (κ1) is 12.0. The molecule has 1 heterocycles. The third-order valence-electron chi connectivity index (χ3n) is 2.47. The summed E-state index contributed by atoms with van der Waals surface area (Å²) in [7, 11) is 1.61. The topological polar surface area (TPSA) is 66.9 Å². The number of nitrogens with one attached hydrogen (secondary N) is 2. The van der Waals surface area contributed by atoms with E-state index in [-0.39, 0.29) is 5.91 Å². The molecule has 2 aromatic rings. The van der Waals surface area contributed by atoms with E-state index in [4.69, 9.17) is 0 Å². The molecule has 0 aliphatic carbocycles. The lowest BCUT2D eigenvalue weighted by molar-refractivity contribution is 0.0963. The van der Waals surface area contributed by atoms with Crippen molar-refractivity contribution in [3.05, 3.63) is 54.1 Å². The van der Waals surface area contributed by atoms with Gasteiger partial charge in [0, 0.05) is 24.5 Å². The van der Waals surface area contributed by atoms with Crippen LogP contribution in [0.25, 0.3) is 0 Å². The van der Waals surface area contributed by atoms with Gasteiger partial charge in [-0.25, -0.2) is 9.97 Å². The number of carbonyl (C=O) groups is 1. The second-order valence-corrected chi connectivity index (χ2v) is 3.71. The van der Waals surface area contributed by atoms with Crippen molar-refractivity contribution >= 4 is 11.6 Å². The van der Waals surface area contributed by atoms with E-state index in [0.29, 0.717) is 12.1 Å². The smallest absolute Gasteiger partial charge is 0.251 e. The van der Waals surface area contributed by atoms with Gasteiger partial charge < -0.3 is 10.6 Å². The number of anilines is 1. The van der Waals surface area contributed by atoms with Gasteiger partial charge in [0.15, 0.2) is 0 Å². The third-order valence-corrected chi connectivity index (χ3v) is 2.47. The van der Waals surface area contributed by atoms with Gasteiger partial charge in [-0.2, -0.15) is 0 Å². The summed E-state index contributed by atoms with van der Waals surface area (Å²) in [6.07, 6.45) is 3.21. The summed E-state index contributed by atoms with van der Waals surface area (Å²) in [5, 5.41) is 5.80. The Hall–Kier alpha value is -2.43. The molecule has 0 saturated carbocycles. The third kappa shape index (κ3) is 3.04. The molecule has 0 unspecified atom stereocenters. The Kier molecular flexibility index (Phi) is 3.86. The summed E-state index contributed by atoms with van der Waals surface area (Å²) >= 11 is 0. The summed E-state index contributed by atoms with van der Waals surface area (Å²) < 4.78 is 0. The molecule has 0 atom stereocenters. The molecule has 92 valence electrons. The highest BCUT2D eigenvalue weighted by atomic mass is 16.1. The fraction of sp³-hybridized carbons (Fsp3) is 0.154. The fourth-order valence-electron chi connectivity index (χ4n) is 1.53. The average molecular weight is 242 g/mol. The van der Waals surface area contributed by atoms with E-state index in [1.165, 1.54) is 6.33 Å². The Morgan fingerprint density at radius 3 is 2.94 bits per heavy atom. The van der Waals surface area contributed by atoms with E-state index in [1.54, 1.807) is 25.4 Å². The maximum Gasteiger partial charge on any atom is 0.251 e. The Labute approximate surface area is 105 Å². The largest absolute Gasteiger partial charge is 0.379 e. The van der Waals surface area contributed by atoms with Crippen molar-refractivity contribution < 1.29 is 4.79 Å². The van der Waals surface area contributed by atoms with Crippen LogP contribution in [0.1, 0.15) is 16.1 Å². The molecule has 1 aromatic heterocycles. The van der Waals surface area contributed by atoms with Crippen molar-refractivity contribution in [1.29, 1.82) is 0 Å². The summed E-state index contributed by atoms with van der Waals surface area (Å²) in [6.45, 7) is 0.597. The molecule has 0 saturated heterocycles. The van der Waals surface area contributed by atoms with Crippen LogP contribution in [0.5, 0.6) is 0 Å². The van der Waals surface area contributed by atoms with Gasteiger partial charge in [-0.05, 0) is 24.3 Å². The zero-order valence-corrected chi connectivity index (χ0v) is 10.1. The maximum absolute atomic E-state index is 11.5. The normalized spacial score (nSPS) is 9.83. The number of aromatic nitrogens is 2. The monoisotopic (exact) mass is 242 g/mol. The number of nitrogens with zero attached hydrogens (tertiary/aromatic N) is 2. The second kappa shape index (κ2) is 5.77. The van der Waals surface area contributed by atoms with Crippen LogP contribution in [-0.4, -0.2) is 22.9 Å². The van der Waals surface area contributed by atoms with Crippen LogP contribution in [0.4, 0.5) is 5.69 Å². The first-order valence-electron chi connectivity index (χ1n) is 5.60. The fourth-order valence-corrected chi connectivity index (χ4v) is 1.53. The van der Waals surface area contributed by atoms with Crippen molar-refractivity contribution in [2.24, 2.45) is 0 Å². The van der Waals surface area contributed by atoms with Crippen molar-refractivity contribution in [1.82, 2.24) is 15.3 Å². The summed E-state index contributed by atoms with van der Waals surface area (Å²) in [5.41, 5.74) is 2.41. The van der Waals surface area contributed by atoms with Crippen molar-refractivity contribution in [2.45, 2.75) is 6.54 Å². The van der Waals surface area contributed by atoms with Crippen molar-refractivity contribution in [2.75, 3.05) is 12.4 Å². The Balaban J connectivity index is 2.04. The lowest BCUT2D eigenvalue weighted by Crippen LogP contribution is -2.17. The highest BCUT2D eigenvalue weighted by Crippen LogP contribution is 2.11. The minimum atomic E-state index is -0.0966. The Bertz CT molecular complexity index is 528. The van der Waals surface area contributed by atoms with Gasteiger partial charge in [-0.1, -0.05) is 6.07 Å². The maximum atomic E-state index is 11.5. The molecule has 5 heteroatoms. The van der Waals surface area contributed by atoms with E-state index in [2.05, 4.69) is 20.6 Å². The second-order valence-electron chi connectivity index (χ2n) is 3.71. The molecular weight excluding hydrogens is 228 g/mol. The number of hydrogen-bond donors (Lipinski definition) is 2. The molecule has 2 rings (SSSR count). The van der Waals surface area contributed by atoms with Crippen LogP contribution in [-0.2, 0) is 6.54 Å². The predicted molar refractivity (Wildman–Crippen MR) is 69.2 cm³/mol. The van der Waals surface area contributed by atoms with Crippen LogP contribution in [0.2, 0.25) is 0 Å². The highest BCUT2D eigenvalue weighted by molar-refractivity contribution is 5.94. The van der Waals surface area contributed by atoms with Gasteiger partial charge in [-0.15, -0.1) is 0 Å². The summed E-state index contributed by atoms with van der Waals surface area (Å²) in [6, 6.07) is 9.17. The number of rotatable bonds is 4. The first-order chi connectivity index (χ1) is 8.79. The molecule has 0 aliphatic heterocycles.